The largest absolute Gasteiger partial charge is 0.482 e. The third kappa shape index (κ3) is 1.23. The second-order valence-corrected chi connectivity index (χ2v) is 2.80. The molecule has 0 aliphatic carbocycles. The van der Waals surface area contributed by atoms with Gasteiger partial charge in [-0.15, -0.1) is 0 Å². The molecule has 61 valence electrons. The second-order valence-electron chi connectivity index (χ2n) is 2.40. The number of ether oxygens (including phenoxy) is 1. The van der Waals surface area contributed by atoms with Crippen molar-refractivity contribution in [2.24, 2.45) is 0 Å². The van der Waals surface area contributed by atoms with Crippen LogP contribution >= 0.6 is 11.6 Å². The zero-order valence-electron chi connectivity index (χ0n) is 6.06. The molecule has 0 saturated carbocycles. The maximum absolute atomic E-state index is 10.8. The van der Waals surface area contributed by atoms with Gasteiger partial charge in [-0.3, -0.25) is 4.79 Å². The first-order chi connectivity index (χ1) is 5.75. The third-order valence-electron chi connectivity index (χ3n) is 1.51. The van der Waals surface area contributed by atoms with E-state index in [1.807, 2.05) is 0 Å². The number of fused-ring (bicyclic) bond motifs is 1. The summed E-state index contributed by atoms with van der Waals surface area (Å²) in [5.74, 6) is 0.448. The molecule has 1 heterocycles. The number of rotatable bonds is 0. The van der Waals surface area contributed by atoms with Crippen LogP contribution in [0.3, 0.4) is 0 Å². The van der Waals surface area contributed by atoms with Crippen LogP contribution in [0, 0.1) is 6.07 Å². The number of nitrogens with one attached hydrogen (secondary N) is 1. The first kappa shape index (κ1) is 7.43. The Morgan fingerprint density at radius 3 is 3.33 bits per heavy atom. The van der Waals surface area contributed by atoms with Crippen molar-refractivity contribution in [3.63, 3.8) is 0 Å². The second kappa shape index (κ2) is 2.68. The van der Waals surface area contributed by atoms with E-state index in [1.54, 1.807) is 12.1 Å². The summed E-state index contributed by atoms with van der Waals surface area (Å²) in [6.07, 6.45) is 0. The number of halogens is 1. The fraction of sp³-hybridized carbons (Fsp3) is 0.125. The lowest BCUT2D eigenvalue weighted by Gasteiger charge is -2.17. The van der Waals surface area contributed by atoms with Gasteiger partial charge in [-0.2, -0.15) is 0 Å². The standard InChI is InChI=1S/C8H5ClNO2/c9-5-1-2-7-6(3-5)10-8(11)4-12-7/h2-3H,4H2,(H,10,11). The van der Waals surface area contributed by atoms with E-state index in [0.717, 1.165) is 0 Å². The molecule has 1 N–H and O–H groups in total. The van der Waals surface area contributed by atoms with Crippen molar-refractivity contribution in [1.82, 2.24) is 0 Å². The first-order valence-electron chi connectivity index (χ1n) is 3.39. The molecule has 0 atom stereocenters. The van der Waals surface area contributed by atoms with Crippen LogP contribution in [0.4, 0.5) is 5.69 Å². The van der Waals surface area contributed by atoms with Gasteiger partial charge >= 0.3 is 0 Å². The summed E-state index contributed by atoms with van der Waals surface area (Å²) in [6, 6.07) is 5.98. The van der Waals surface area contributed by atoms with Crippen molar-refractivity contribution >= 4 is 23.2 Å². The number of carbonyl (C=O) groups is 1. The van der Waals surface area contributed by atoms with Crippen LogP contribution in [0.25, 0.3) is 0 Å². The molecule has 2 rings (SSSR count). The number of amides is 1. The van der Waals surface area contributed by atoms with Gasteiger partial charge in [-0.05, 0) is 12.1 Å². The molecule has 0 aromatic heterocycles. The van der Waals surface area contributed by atoms with Gasteiger partial charge in [0.05, 0.1) is 10.7 Å². The lowest BCUT2D eigenvalue weighted by atomic mass is 10.2. The van der Waals surface area contributed by atoms with Crippen molar-refractivity contribution in [1.29, 1.82) is 0 Å². The summed E-state index contributed by atoms with van der Waals surface area (Å²) in [4.78, 5) is 10.8. The van der Waals surface area contributed by atoms with Gasteiger partial charge in [0.2, 0.25) is 0 Å². The highest BCUT2D eigenvalue weighted by atomic mass is 35.5. The Morgan fingerprint density at radius 1 is 1.67 bits per heavy atom. The highest BCUT2D eigenvalue weighted by molar-refractivity contribution is 6.30. The summed E-state index contributed by atoms with van der Waals surface area (Å²) < 4.78 is 5.09. The van der Waals surface area contributed by atoms with Crippen LogP contribution < -0.4 is 10.1 Å². The third-order valence-corrected chi connectivity index (χ3v) is 1.73. The minimum atomic E-state index is -0.162. The van der Waals surface area contributed by atoms with Crippen molar-refractivity contribution in [3.05, 3.63) is 23.2 Å². The van der Waals surface area contributed by atoms with E-state index in [9.17, 15) is 4.79 Å². The van der Waals surface area contributed by atoms with Crippen molar-refractivity contribution in [2.45, 2.75) is 0 Å². The Bertz CT molecular complexity index is 338. The normalized spacial score (nSPS) is 14.6. The predicted molar refractivity (Wildman–Crippen MR) is 44.4 cm³/mol. The maximum Gasteiger partial charge on any atom is 0.262 e. The number of benzene rings is 1. The zero-order chi connectivity index (χ0) is 8.55. The van der Waals surface area contributed by atoms with Gasteiger partial charge in [-0.25, -0.2) is 0 Å². The van der Waals surface area contributed by atoms with Crippen LogP contribution in [0.2, 0.25) is 5.02 Å². The molecule has 1 amide bonds. The van der Waals surface area contributed by atoms with Gasteiger partial charge in [0, 0.05) is 6.07 Å². The Labute approximate surface area is 74.3 Å². The Hall–Kier alpha value is -1.22. The maximum atomic E-state index is 10.8. The Balaban J connectivity index is 2.44. The van der Waals surface area contributed by atoms with Gasteiger partial charge in [0.15, 0.2) is 6.61 Å². The molecule has 1 aromatic rings. The average Bonchev–Trinajstić information content (AvgIpc) is 2.03. The van der Waals surface area contributed by atoms with Gasteiger partial charge in [-0.1, -0.05) is 11.6 Å². The average molecular weight is 183 g/mol. The van der Waals surface area contributed by atoms with E-state index in [-0.39, 0.29) is 12.5 Å². The molecular formula is C8H5ClNO2. The molecule has 1 aliphatic rings. The SMILES string of the molecule is O=C1COc2c[c]c(Cl)cc2N1. The minimum Gasteiger partial charge on any atom is -0.482 e. The lowest BCUT2D eigenvalue weighted by molar-refractivity contribution is -0.118. The number of anilines is 1. The van der Waals surface area contributed by atoms with Gasteiger partial charge in [0.25, 0.3) is 5.91 Å². The molecule has 0 bridgehead atoms. The summed E-state index contributed by atoms with van der Waals surface area (Å²) >= 11 is 5.66. The van der Waals surface area contributed by atoms with Crippen molar-refractivity contribution in [2.75, 3.05) is 11.9 Å². The van der Waals surface area contributed by atoms with Crippen LogP contribution in [0.1, 0.15) is 0 Å². The Morgan fingerprint density at radius 2 is 2.50 bits per heavy atom. The lowest BCUT2D eigenvalue weighted by Crippen LogP contribution is -2.25. The number of hydrogen-bond donors (Lipinski definition) is 1. The van der Waals surface area contributed by atoms with Gasteiger partial charge in [0.1, 0.15) is 5.75 Å². The van der Waals surface area contributed by atoms with Crippen LogP contribution in [-0.4, -0.2) is 12.5 Å². The fourth-order valence-corrected chi connectivity index (χ4v) is 1.16. The number of hydrogen-bond acceptors (Lipinski definition) is 2. The molecule has 1 radical (unpaired) electrons. The molecule has 0 saturated heterocycles. The molecule has 4 heteroatoms. The molecule has 0 spiro atoms. The smallest absolute Gasteiger partial charge is 0.262 e. The zero-order valence-corrected chi connectivity index (χ0v) is 6.81. The summed E-state index contributed by atoms with van der Waals surface area (Å²) in [5, 5.41) is 3.09. The molecule has 12 heavy (non-hydrogen) atoms. The Kier molecular flexibility index (Phi) is 1.66. The van der Waals surface area contributed by atoms with E-state index in [0.29, 0.717) is 16.5 Å². The van der Waals surface area contributed by atoms with E-state index in [4.69, 9.17) is 16.3 Å². The molecule has 3 nitrogen and oxygen atoms in total. The molecule has 1 aromatic carbocycles. The quantitative estimate of drug-likeness (QED) is 0.660. The summed E-state index contributed by atoms with van der Waals surface area (Å²) in [7, 11) is 0. The highest BCUT2D eigenvalue weighted by Gasteiger charge is 2.15. The number of carbonyl (C=O) groups excluding carboxylic acids is 1. The van der Waals surface area contributed by atoms with E-state index in [1.165, 1.54) is 0 Å². The van der Waals surface area contributed by atoms with Crippen molar-refractivity contribution in [3.8, 4) is 5.75 Å². The topological polar surface area (TPSA) is 38.3 Å². The molecule has 1 aliphatic heterocycles. The minimum absolute atomic E-state index is 0.0580. The van der Waals surface area contributed by atoms with Crippen LogP contribution in [-0.2, 0) is 4.79 Å². The van der Waals surface area contributed by atoms with E-state index < -0.39 is 0 Å². The predicted octanol–water partition coefficient (Wildman–Crippen LogP) is 1.47. The van der Waals surface area contributed by atoms with Crippen molar-refractivity contribution < 1.29 is 9.53 Å². The first-order valence-corrected chi connectivity index (χ1v) is 3.77. The molecular weight excluding hydrogens is 178 g/mol. The van der Waals surface area contributed by atoms with Crippen LogP contribution in [0.5, 0.6) is 5.75 Å². The fourth-order valence-electron chi connectivity index (χ4n) is 0.998. The monoisotopic (exact) mass is 182 g/mol. The summed E-state index contributed by atoms with van der Waals surface area (Å²) in [6.45, 7) is 0.0580. The highest BCUT2D eigenvalue weighted by Crippen LogP contribution is 2.29. The van der Waals surface area contributed by atoms with E-state index >= 15 is 0 Å². The molecule has 0 unspecified atom stereocenters. The summed E-state index contributed by atoms with van der Waals surface area (Å²) in [5.41, 5.74) is 0.606. The van der Waals surface area contributed by atoms with Gasteiger partial charge < -0.3 is 10.1 Å². The van der Waals surface area contributed by atoms with Crippen LogP contribution in [0.15, 0.2) is 12.1 Å². The molecule has 0 fully saturated rings. The van der Waals surface area contributed by atoms with E-state index in [2.05, 4.69) is 11.4 Å².